The number of hydrogen-bond donors (Lipinski definition) is 2. The largest absolute Gasteiger partial charge is 1.00 e. The van der Waals surface area contributed by atoms with E-state index in [1.807, 2.05) is 28.2 Å². The van der Waals surface area contributed by atoms with Crippen LogP contribution in [-0.2, 0) is 0 Å². The van der Waals surface area contributed by atoms with E-state index in [1.165, 1.54) is 24.3 Å². The average Bonchev–Trinajstić information content (AvgIpc) is 3.17. The van der Waals surface area contributed by atoms with E-state index in [0.717, 1.165) is 38.5 Å². The summed E-state index contributed by atoms with van der Waals surface area (Å²) >= 11 is 0. The third-order valence-electron chi connectivity index (χ3n) is 10.6. The Balaban J connectivity index is 0.000000687. The normalized spacial score (nSPS) is 21.2. The molecule has 14 heteroatoms. The molecule has 4 atom stereocenters. The van der Waals surface area contributed by atoms with E-state index in [4.69, 9.17) is 0 Å². The highest BCUT2D eigenvalue weighted by Crippen LogP contribution is 2.36. The van der Waals surface area contributed by atoms with Crippen molar-refractivity contribution in [3.05, 3.63) is 107 Å². The molecule has 0 bridgehead atoms. The lowest BCUT2D eigenvalue weighted by Gasteiger charge is -2.40. The molecule has 4 unspecified atom stereocenters. The zero-order valence-electron chi connectivity index (χ0n) is 33.6. The SMILES string of the molecule is C[N+](C)(CC(=O)c1ccc(C(=O)C[N+](C)(C)CC2CCCCC2(O)C#N)cc1)CC1CCCCC1(O)C#N.O=C([O-])c1ccccc1.O=C([O-])c1ccccc1.[Br-].[Br-]. The summed E-state index contributed by atoms with van der Waals surface area (Å²) in [7, 11) is 7.79. The first-order valence-electron chi connectivity index (χ1n) is 18.9. The predicted octanol–water partition coefficient (Wildman–Crippen LogP) is -2.80. The number of carboxylic acid groups (broad SMARTS) is 2. The van der Waals surface area contributed by atoms with Crippen LogP contribution in [0.3, 0.4) is 0 Å². The Bertz CT molecular complexity index is 1740. The van der Waals surface area contributed by atoms with E-state index in [2.05, 4.69) is 12.1 Å². The summed E-state index contributed by atoms with van der Waals surface area (Å²) in [6, 6.07) is 27.1. The topological polar surface area (TPSA) is 202 Å². The van der Waals surface area contributed by atoms with Gasteiger partial charge in [0.1, 0.15) is 13.1 Å². The quantitative estimate of drug-likeness (QED) is 0.109. The molecule has 3 aromatic rings. The Kier molecular flexibility index (Phi) is 20.8. The molecule has 2 fully saturated rings. The highest BCUT2D eigenvalue weighted by molar-refractivity contribution is 6.00. The molecule has 0 saturated heterocycles. The molecule has 2 aliphatic carbocycles. The summed E-state index contributed by atoms with van der Waals surface area (Å²) in [4.78, 5) is 46.3. The van der Waals surface area contributed by atoms with E-state index >= 15 is 0 Å². The second-order valence-electron chi connectivity index (χ2n) is 16.2. The number of benzene rings is 3. The number of aliphatic hydroxyl groups is 2. The van der Waals surface area contributed by atoms with Crippen molar-refractivity contribution < 1.29 is 82.5 Å². The van der Waals surface area contributed by atoms with Crippen LogP contribution in [0, 0.1) is 34.5 Å². The summed E-state index contributed by atoms with van der Waals surface area (Å²) in [5.74, 6) is -2.68. The van der Waals surface area contributed by atoms with Crippen LogP contribution in [0.25, 0.3) is 0 Å². The van der Waals surface area contributed by atoms with Crippen LogP contribution in [0.4, 0.5) is 0 Å². The van der Waals surface area contributed by atoms with Crippen molar-refractivity contribution in [2.24, 2.45) is 11.8 Å². The van der Waals surface area contributed by atoms with Gasteiger partial charge >= 0.3 is 0 Å². The van der Waals surface area contributed by atoms with Gasteiger partial charge in [-0.1, -0.05) is 97.8 Å². The molecule has 0 heterocycles. The fourth-order valence-corrected chi connectivity index (χ4v) is 7.51. The first-order valence-corrected chi connectivity index (χ1v) is 18.9. The Labute approximate surface area is 363 Å². The average molecular weight is 927 g/mol. The predicted molar refractivity (Wildman–Crippen MR) is 205 cm³/mol. The number of hydrogen-bond acceptors (Lipinski definition) is 10. The van der Waals surface area contributed by atoms with Crippen LogP contribution in [0.5, 0.6) is 0 Å². The molecule has 5 rings (SSSR count). The Morgan fingerprint density at radius 1 is 0.586 bits per heavy atom. The van der Waals surface area contributed by atoms with Gasteiger partial charge < -0.3 is 72.9 Å². The summed E-state index contributed by atoms with van der Waals surface area (Å²) in [5, 5.41) is 60.7. The van der Waals surface area contributed by atoms with Crippen LogP contribution < -0.4 is 44.2 Å². The summed E-state index contributed by atoms with van der Waals surface area (Å²) in [6.07, 6.45) is 6.17. The Morgan fingerprint density at radius 3 is 1.16 bits per heavy atom. The monoisotopic (exact) mass is 924 g/mol. The van der Waals surface area contributed by atoms with Crippen molar-refractivity contribution in [3.63, 3.8) is 0 Å². The van der Waals surface area contributed by atoms with Crippen LogP contribution in [-0.4, -0.2) is 108 Å². The molecule has 0 radical (unpaired) electrons. The third-order valence-corrected chi connectivity index (χ3v) is 10.6. The molecule has 3 aromatic carbocycles. The highest BCUT2D eigenvalue weighted by Gasteiger charge is 2.44. The number of rotatable bonds is 12. The number of nitrogens with zero attached hydrogens (tertiary/aromatic N) is 4. The van der Waals surface area contributed by atoms with Gasteiger partial charge in [0.15, 0.2) is 11.2 Å². The molecular formula is C44H54Br2N4O8-2. The molecule has 0 aliphatic heterocycles. The van der Waals surface area contributed by atoms with Gasteiger partial charge in [-0.3, -0.25) is 9.59 Å². The number of carbonyl (C=O) groups is 4. The first kappa shape index (κ1) is 51.7. The number of aromatic carboxylic acids is 2. The molecule has 12 nitrogen and oxygen atoms in total. The van der Waals surface area contributed by atoms with Crippen molar-refractivity contribution in [2.75, 3.05) is 54.4 Å². The van der Waals surface area contributed by atoms with Crippen molar-refractivity contribution in [2.45, 2.75) is 62.6 Å². The number of carbonyl (C=O) groups excluding carboxylic acids is 4. The van der Waals surface area contributed by atoms with Gasteiger partial charge in [0, 0.05) is 11.1 Å². The first-order chi connectivity index (χ1) is 26.3. The second-order valence-corrected chi connectivity index (χ2v) is 16.2. The van der Waals surface area contributed by atoms with Crippen molar-refractivity contribution in [1.29, 1.82) is 10.5 Å². The van der Waals surface area contributed by atoms with E-state index in [-0.39, 0.29) is 81.6 Å². The number of halogens is 2. The Hall–Kier alpha value is -4.28. The van der Waals surface area contributed by atoms with Crippen LogP contribution in [0.15, 0.2) is 84.9 Å². The van der Waals surface area contributed by atoms with Gasteiger partial charge in [-0.2, -0.15) is 10.5 Å². The molecule has 2 aliphatic rings. The molecule has 58 heavy (non-hydrogen) atoms. The smallest absolute Gasteiger partial charge is 0.216 e. The van der Waals surface area contributed by atoms with E-state index in [9.17, 15) is 50.1 Å². The van der Waals surface area contributed by atoms with Crippen molar-refractivity contribution in [3.8, 4) is 12.1 Å². The molecule has 2 N–H and O–H groups in total. The number of carboxylic acids is 2. The Morgan fingerprint density at radius 2 is 0.897 bits per heavy atom. The van der Waals surface area contributed by atoms with Crippen molar-refractivity contribution >= 4 is 23.5 Å². The van der Waals surface area contributed by atoms with E-state index < -0.39 is 23.1 Å². The van der Waals surface area contributed by atoms with Gasteiger partial charge in [-0.05, 0) is 49.7 Å². The van der Waals surface area contributed by atoms with Gasteiger partial charge in [-0.15, -0.1) is 0 Å². The van der Waals surface area contributed by atoms with Crippen molar-refractivity contribution in [1.82, 2.24) is 0 Å². The third kappa shape index (κ3) is 15.8. The lowest BCUT2D eigenvalue weighted by molar-refractivity contribution is -0.886. The van der Waals surface area contributed by atoms with Gasteiger partial charge in [-0.25, -0.2) is 0 Å². The molecule has 0 aromatic heterocycles. The molecular weight excluding hydrogens is 872 g/mol. The van der Waals surface area contributed by atoms with E-state index in [1.54, 1.807) is 60.7 Å². The second kappa shape index (κ2) is 23.3. The minimum atomic E-state index is -1.32. The molecule has 0 spiro atoms. The molecule has 314 valence electrons. The highest BCUT2D eigenvalue weighted by atomic mass is 79.9. The maximum atomic E-state index is 13.1. The summed E-state index contributed by atoms with van der Waals surface area (Å²) in [6.45, 7) is 1.55. The minimum absolute atomic E-state index is 0. The fraction of sp³-hybridized carbons (Fsp3) is 0.455. The van der Waals surface area contributed by atoms with Gasteiger partial charge in [0.25, 0.3) is 0 Å². The maximum absolute atomic E-state index is 13.1. The lowest BCUT2D eigenvalue weighted by Crippen LogP contribution is -3.00. The zero-order chi connectivity index (χ0) is 41.6. The summed E-state index contributed by atoms with van der Waals surface area (Å²) in [5.41, 5.74) is -1.15. The number of ketones is 2. The number of Topliss-reactive ketones (excluding diaryl/α,β-unsaturated/α-hetero) is 2. The number of nitriles is 2. The lowest BCUT2D eigenvalue weighted by atomic mass is 9.75. The van der Waals surface area contributed by atoms with Gasteiger partial charge in [0.05, 0.1) is 77.2 Å². The van der Waals surface area contributed by atoms with Crippen LogP contribution >= 0.6 is 0 Å². The standard InChI is InChI=1S/C30H44N4O4.2C7H6O2.2BrH/c1-33(2,17-25-9-5-7-15-29(25,37)21-31)19-27(35)23-11-13-24(14-12-23)28(36)20-34(3,4)18-26-10-6-8-16-30(26,38)22-32;2*8-7(9)6-4-2-1-3-5-6;;/h11-14,25-26,37-38H,5-10,15-20H2,1-4H3;2*1-5H,(H,8,9);2*1H/q+2;;;;/p-4. The number of quaternary nitrogens is 2. The summed E-state index contributed by atoms with van der Waals surface area (Å²) < 4.78 is 0.742. The van der Waals surface area contributed by atoms with Crippen LogP contribution in [0.1, 0.15) is 92.8 Å². The fourth-order valence-electron chi connectivity index (χ4n) is 7.51. The zero-order valence-corrected chi connectivity index (χ0v) is 36.8. The van der Waals surface area contributed by atoms with Gasteiger partial charge in [0.2, 0.25) is 11.6 Å². The minimum Gasteiger partial charge on any atom is -1.00 e. The van der Waals surface area contributed by atoms with Crippen LogP contribution in [0.2, 0.25) is 0 Å². The molecule has 0 amide bonds. The maximum Gasteiger partial charge on any atom is 0.216 e. The molecule has 2 saturated carbocycles. The number of likely N-dealkylation sites (N-methyl/N-ethyl adjacent to an activating group) is 2. The van der Waals surface area contributed by atoms with E-state index in [0.29, 0.717) is 46.0 Å².